The van der Waals surface area contributed by atoms with Crippen LogP contribution in [0.4, 0.5) is 0 Å². The number of nitrogens with zero attached hydrogens (tertiary/aromatic N) is 9. The maximum Gasteiger partial charge on any atom is 3.00 e. The molecule has 0 unspecified atom stereocenters. The first kappa shape index (κ1) is 109. The molecule has 0 fully saturated rings. The van der Waals surface area contributed by atoms with Crippen molar-refractivity contribution in [2.75, 3.05) is 0 Å². The molecule has 1 radical (unpaired) electrons. The van der Waals surface area contributed by atoms with Gasteiger partial charge < -0.3 is 175 Å². The van der Waals surface area contributed by atoms with E-state index in [4.69, 9.17) is 138 Å². The summed E-state index contributed by atoms with van der Waals surface area (Å²) in [5, 5.41) is 133. The zero-order valence-electron chi connectivity index (χ0n) is 21.5. The van der Waals surface area contributed by atoms with Crippen LogP contribution in [0.15, 0.2) is 0 Å². The molecular formula is H24N15NdO27. The van der Waals surface area contributed by atoms with E-state index in [9.17, 15) is 0 Å². The van der Waals surface area contributed by atoms with Crippen molar-refractivity contribution in [1.82, 2.24) is 36.9 Å². The van der Waals surface area contributed by atoms with E-state index in [0.717, 1.165) is 0 Å². The Bertz CT molecular complexity index is 425. The molecule has 0 spiro atoms. The minimum absolute atomic E-state index is 0. The summed E-state index contributed by atoms with van der Waals surface area (Å²) in [5.74, 6) is 0. The first-order chi connectivity index (χ1) is 15.6. The third kappa shape index (κ3) is 1110. The van der Waals surface area contributed by atoms with Gasteiger partial charge in [-0.3, -0.25) is 0 Å². The number of hydrogen-bond acceptors (Lipinski definition) is 27. The molecule has 0 aliphatic rings. The fourth-order valence-corrected chi connectivity index (χ4v) is 0. The van der Waals surface area contributed by atoms with E-state index in [1.165, 1.54) is 0 Å². The summed E-state index contributed by atoms with van der Waals surface area (Å²) in [6, 6.07) is 0. The third-order valence-corrected chi connectivity index (χ3v) is 0. The normalized spacial score (nSPS) is 5.02. The number of quaternary nitrogens is 6. The van der Waals surface area contributed by atoms with Crippen LogP contribution in [0.25, 0.3) is 0 Å². The molecule has 43 heavy (non-hydrogen) atoms. The molecule has 0 rings (SSSR count). The molecule has 0 bridgehead atoms. The Balaban J connectivity index is -0.0000000134. The van der Waals surface area contributed by atoms with E-state index in [1.807, 2.05) is 0 Å². The largest absolute Gasteiger partial charge is 3.00 e. The van der Waals surface area contributed by atoms with E-state index >= 15 is 0 Å². The quantitative estimate of drug-likeness (QED) is 0.140. The van der Waals surface area contributed by atoms with E-state index in [-0.39, 0.29) is 77.7 Å². The second-order valence-corrected chi connectivity index (χ2v) is 2.01. The Hall–Kier alpha value is -6.09. The summed E-state index contributed by atoms with van der Waals surface area (Å²) in [6.45, 7) is 0. The van der Waals surface area contributed by atoms with Crippen LogP contribution in [0.5, 0.6) is 0 Å². The van der Waals surface area contributed by atoms with Gasteiger partial charge in [0.15, 0.2) is 0 Å². The molecule has 0 amide bonds. The fraction of sp³-hybridized carbons (Fsp3) is 0. The minimum atomic E-state index is -1.75. The molecule has 0 heterocycles. The van der Waals surface area contributed by atoms with Gasteiger partial charge in [0.2, 0.25) is 0 Å². The van der Waals surface area contributed by atoms with Gasteiger partial charge in [-0.25, -0.2) is 0 Å². The zero-order chi connectivity index (χ0) is 32.2. The molecule has 265 valence electrons. The van der Waals surface area contributed by atoms with Gasteiger partial charge in [0.05, 0.1) is 45.8 Å². The molecular weight excluding hydrogens is 786 g/mol. The monoisotopic (exact) mass is 808 g/mol. The summed E-state index contributed by atoms with van der Waals surface area (Å²) in [6.07, 6.45) is 0. The van der Waals surface area contributed by atoms with Crippen molar-refractivity contribution in [1.29, 1.82) is 0 Å². The zero-order valence-corrected chi connectivity index (χ0v) is 24.8. The maximum atomic E-state index is 8.25. The van der Waals surface area contributed by atoms with Crippen LogP contribution in [0.2, 0.25) is 0 Å². The van der Waals surface area contributed by atoms with Crippen LogP contribution in [0, 0.1) is 179 Å². The van der Waals surface area contributed by atoms with E-state index < -0.39 is 45.8 Å². The van der Waals surface area contributed by atoms with Crippen LogP contribution < -0.4 is 36.9 Å². The smallest absolute Gasteiger partial charge is 0.369 e. The minimum Gasteiger partial charge on any atom is -0.369 e. The van der Waals surface area contributed by atoms with Gasteiger partial charge in [-0.15, -0.1) is 0 Å². The molecule has 0 aliphatic carbocycles. The molecule has 0 saturated carbocycles. The first-order valence-corrected chi connectivity index (χ1v) is 4.93. The molecule has 0 aromatic rings. The molecule has 0 atom stereocenters. The SMILES string of the molecule is O=[N+]([O-])[O-].O=[N+]([O-])[O-].O=[N+]([O-])[O-].O=[N+]([O-])[O-].O=[N+]([O-])[O-].O=[N+]([O-])[O-].O=[N+]([O-])[O-].O=[N+]([O-])[O-].O=[N+]([O-])[O-].[NH4+].[NH4+].[NH4+].[NH4+].[NH4+].[NH4+].[Nd+3]. The van der Waals surface area contributed by atoms with Gasteiger partial charge in [0.1, 0.15) is 0 Å². The fourth-order valence-electron chi connectivity index (χ4n) is 0. The van der Waals surface area contributed by atoms with E-state index in [0.29, 0.717) is 0 Å². The van der Waals surface area contributed by atoms with E-state index in [1.54, 1.807) is 0 Å². The summed E-state index contributed by atoms with van der Waals surface area (Å²) >= 11 is 0. The second-order valence-electron chi connectivity index (χ2n) is 2.01. The predicted octanol–water partition coefficient (Wildman–Crippen LogP) is 0.105. The predicted molar refractivity (Wildman–Crippen MR) is 129 cm³/mol. The maximum absolute atomic E-state index is 8.25. The Morgan fingerprint density at radius 1 is 0.186 bits per heavy atom. The Kier molecular flexibility index (Phi) is 253. The van der Waals surface area contributed by atoms with Crippen molar-refractivity contribution in [3.8, 4) is 0 Å². The summed E-state index contributed by atoms with van der Waals surface area (Å²) in [4.78, 5) is 74.2. The third-order valence-electron chi connectivity index (χ3n) is 0. The van der Waals surface area contributed by atoms with Crippen LogP contribution in [-0.2, 0) is 0 Å². The van der Waals surface area contributed by atoms with Crippen molar-refractivity contribution >= 4 is 0 Å². The standard InChI is InChI=1S/9NO3.6H3N.Nd/c9*2-1(3)4;;;;;;;/h;;;;;;;;;6*1H3;/q9*-1;;;;;;;+3/p+6. The Morgan fingerprint density at radius 2 is 0.186 bits per heavy atom. The van der Waals surface area contributed by atoms with Crippen LogP contribution >= 0.6 is 0 Å². The van der Waals surface area contributed by atoms with E-state index in [2.05, 4.69) is 0 Å². The molecule has 0 aliphatic heterocycles. The van der Waals surface area contributed by atoms with Gasteiger partial charge >= 0.3 is 40.8 Å². The number of hydrogen-bond donors (Lipinski definition) is 6. The molecule has 0 saturated heterocycles. The van der Waals surface area contributed by atoms with Crippen molar-refractivity contribution in [3.63, 3.8) is 0 Å². The Labute approximate surface area is 261 Å². The molecule has 0 aromatic heterocycles. The second kappa shape index (κ2) is 100. The van der Waals surface area contributed by atoms with Gasteiger partial charge in [0.25, 0.3) is 0 Å². The topological polar surface area (TPSA) is 815 Å². The van der Waals surface area contributed by atoms with Gasteiger partial charge in [-0.05, 0) is 0 Å². The summed E-state index contributed by atoms with van der Waals surface area (Å²) in [5.41, 5.74) is 0. The number of rotatable bonds is 0. The summed E-state index contributed by atoms with van der Waals surface area (Å²) < 4.78 is 0. The van der Waals surface area contributed by atoms with Crippen LogP contribution in [0.3, 0.4) is 0 Å². The summed E-state index contributed by atoms with van der Waals surface area (Å²) in [7, 11) is 0. The van der Waals surface area contributed by atoms with Crippen molar-refractivity contribution in [2.45, 2.75) is 0 Å². The van der Waals surface area contributed by atoms with Crippen LogP contribution in [-0.4, -0.2) is 45.8 Å². The molecule has 24 N–H and O–H groups in total. The van der Waals surface area contributed by atoms with Crippen molar-refractivity contribution in [2.24, 2.45) is 0 Å². The molecule has 42 nitrogen and oxygen atoms in total. The average Bonchev–Trinajstić information content (AvgIpc) is 2.39. The first-order valence-electron chi connectivity index (χ1n) is 4.93. The Morgan fingerprint density at radius 3 is 0.186 bits per heavy atom. The molecule has 0 aromatic carbocycles. The van der Waals surface area contributed by atoms with Crippen LogP contribution in [0.1, 0.15) is 0 Å². The molecule has 43 heteroatoms. The van der Waals surface area contributed by atoms with Crippen molar-refractivity contribution in [3.05, 3.63) is 138 Å². The van der Waals surface area contributed by atoms with Gasteiger partial charge in [0, 0.05) is 0 Å². The average molecular weight is 811 g/mol. The van der Waals surface area contributed by atoms with Crippen molar-refractivity contribution < 1.29 is 86.6 Å². The van der Waals surface area contributed by atoms with Gasteiger partial charge in [-0.2, -0.15) is 0 Å². The van der Waals surface area contributed by atoms with Gasteiger partial charge in [-0.1, -0.05) is 0 Å².